The summed E-state index contributed by atoms with van der Waals surface area (Å²) < 4.78 is 0. The van der Waals surface area contributed by atoms with Gasteiger partial charge in [0.2, 0.25) is 0 Å². The van der Waals surface area contributed by atoms with Crippen molar-refractivity contribution < 1.29 is 0 Å². The molecule has 0 aliphatic rings. The molecule has 8 heavy (non-hydrogen) atoms. The molecule has 0 aromatic heterocycles. The fourth-order valence-electron chi connectivity index (χ4n) is 0.520. The maximum absolute atomic E-state index is 3.85. The maximum atomic E-state index is 3.85. The fourth-order valence-corrected chi connectivity index (χ4v) is 0.520. The largest absolute Gasteiger partial charge is 0.244 e. The Kier molecular flexibility index (Phi) is 6.01. The van der Waals surface area contributed by atoms with Crippen LogP contribution in [0.5, 0.6) is 0 Å². The highest BCUT2D eigenvalue weighted by Crippen LogP contribution is 1.91. The van der Waals surface area contributed by atoms with Gasteiger partial charge in [-0.25, -0.2) is 4.99 Å². The van der Waals surface area contributed by atoms with Crippen LogP contribution in [0.4, 0.5) is 0 Å². The number of aliphatic imine (C=N–C) groups is 1. The van der Waals surface area contributed by atoms with Crippen LogP contribution < -0.4 is 0 Å². The van der Waals surface area contributed by atoms with E-state index in [9.17, 15) is 0 Å². The summed E-state index contributed by atoms with van der Waals surface area (Å²) in [6, 6.07) is 0. The second kappa shape index (κ2) is 6.45. The van der Waals surface area contributed by atoms with E-state index in [-0.39, 0.29) is 0 Å². The van der Waals surface area contributed by atoms with Gasteiger partial charge in [0, 0.05) is 6.54 Å². The zero-order valence-corrected chi connectivity index (χ0v) is 5.48. The third kappa shape index (κ3) is 5.45. The molecule has 0 aliphatic heterocycles. The average Bonchev–Trinajstić information content (AvgIpc) is 1.81. The molecular formula is C7H13N. The molecule has 0 radical (unpaired) electrons. The summed E-state index contributed by atoms with van der Waals surface area (Å²) in [4.78, 5) is 3.85. The third-order valence-electron chi connectivity index (χ3n) is 0.985. The average molecular weight is 111 g/mol. The Hall–Kier alpha value is -0.550. The molecule has 0 unspecified atom stereocenters. The molecule has 0 saturated heterocycles. The Balaban J connectivity index is 2.82. The number of unbranched alkanes of at least 4 members (excludes halogenated alkanes) is 2. The van der Waals surface area contributed by atoms with Crippen molar-refractivity contribution in [1.29, 1.82) is 0 Å². The van der Waals surface area contributed by atoms with Crippen molar-refractivity contribution in [1.82, 2.24) is 0 Å². The lowest BCUT2D eigenvalue weighted by Crippen LogP contribution is -1.77. The van der Waals surface area contributed by atoms with E-state index in [1.165, 1.54) is 19.3 Å². The van der Waals surface area contributed by atoms with Crippen molar-refractivity contribution in [3.63, 3.8) is 0 Å². The maximum Gasteiger partial charge on any atom is 0.0483 e. The van der Waals surface area contributed by atoms with Gasteiger partial charge in [-0.1, -0.05) is 19.8 Å². The van der Waals surface area contributed by atoms with Gasteiger partial charge < -0.3 is 0 Å². The molecule has 1 heteroatoms. The summed E-state index contributed by atoms with van der Waals surface area (Å²) in [5.41, 5.74) is 0. The first-order chi connectivity index (χ1) is 3.91. The smallest absolute Gasteiger partial charge is 0.0483 e. The Morgan fingerprint density at radius 1 is 1.50 bits per heavy atom. The molecular weight excluding hydrogens is 98.1 g/mol. The van der Waals surface area contributed by atoms with E-state index in [4.69, 9.17) is 0 Å². The first-order valence-corrected chi connectivity index (χ1v) is 3.10. The highest BCUT2D eigenvalue weighted by Gasteiger charge is 1.79. The van der Waals surface area contributed by atoms with Gasteiger partial charge in [-0.2, -0.15) is 0 Å². The quantitative estimate of drug-likeness (QED) is 0.389. The highest BCUT2D eigenvalue weighted by molar-refractivity contribution is 5.46. The lowest BCUT2D eigenvalue weighted by atomic mass is 10.2. The van der Waals surface area contributed by atoms with Crippen molar-refractivity contribution >= 4 is 5.87 Å². The van der Waals surface area contributed by atoms with Gasteiger partial charge in [0.05, 0.1) is 0 Å². The molecule has 0 heterocycles. The molecule has 0 aliphatic carbocycles. The van der Waals surface area contributed by atoms with E-state index >= 15 is 0 Å². The van der Waals surface area contributed by atoms with Crippen LogP contribution in [0.1, 0.15) is 26.2 Å². The number of rotatable bonds is 4. The molecule has 0 bridgehead atoms. The lowest BCUT2D eigenvalue weighted by molar-refractivity contribution is 0.730. The van der Waals surface area contributed by atoms with Gasteiger partial charge in [-0.15, -0.1) is 0 Å². The van der Waals surface area contributed by atoms with Crippen LogP contribution >= 0.6 is 0 Å². The zero-order valence-electron chi connectivity index (χ0n) is 5.48. The van der Waals surface area contributed by atoms with Crippen LogP contribution in [-0.4, -0.2) is 12.4 Å². The SMILES string of the molecule is C=C=NCCCCC. The summed E-state index contributed by atoms with van der Waals surface area (Å²) >= 11 is 0. The van der Waals surface area contributed by atoms with Crippen LogP contribution in [0.3, 0.4) is 0 Å². The molecule has 46 valence electrons. The van der Waals surface area contributed by atoms with Crippen molar-refractivity contribution in [2.45, 2.75) is 26.2 Å². The molecule has 0 rings (SSSR count). The van der Waals surface area contributed by atoms with Gasteiger partial charge >= 0.3 is 0 Å². The van der Waals surface area contributed by atoms with E-state index in [0.29, 0.717) is 0 Å². The number of hydrogen-bond donors (Lipinski definition) is 0. The molecule has 0 atom stereocenters. The summed E-state index contributed by atoms with van der Waals surface area (Å²) in [6.07, 6.45) is 3.71. The van der Waals surface area contributed by atoms with E-state index in [1.54, 1.807) is 0 Å². The summed E-state index contributed by atoms with van der Waals surface area (Å²) in [7, 11) is 0. The first kappa shape index (κ1) is 7.45. The summed E-state index contributed by atoms with van der Waals surface area (Å²) in [5.74, 6) is 2.50. The Morgan fingerprint density at radius 2 is 2.25 bits per heavy atom. The minimum Gasteiger partial charge on any atom is -0.244 e. The molecule has 0 N–H and O–H groups in total. The van der Waals surface area contributed by atoms with Crippen molar-refractivity contribution in [3.8, 4) is 0 Å². The zero-order chi connectivity index (χ0) is 6.24. The second-order valence-corrected chi connectivity index (χ2v) is 1.75. The molecule has 0 aromatic rings. The summed E-state index contributed by atoms with van der Waals surface area (Å²) in [6.45, 7) is 6.44. The minimum absolute atomic E-state index is 0.900. The van der Waals surface area contributed by atoms with Crippen molar-refractivity contribution in [3.05, 3.63) is 6.58 Å². The van der Waals surface area contributed by atoms with E-state index < -0.39 is 0 Å². The normalized spacial score (nSPS) is 8.12. The van der Waals surface area contributed by atoms with Gasteiger partial charge in [0.15, 0.2) is 0 Å². The van der Waals surface area contributed by atoms with Crippen LogP contribution in [0.15, 0.2) is 11.6 Å². The Bertz CT molecular complexity index is 80.4. The van der Waals surface area contributed by atoms with Crippen molar-refractivity contribution in [2.24, 2.45) is 4.99 Å². The highest BCUT2D eigenvalue weighted by atomic mass is 14.7. The van der Waals surface area contributed by atoms with Crippen LogP contribution in [-0.2, 0) is 0 Å². The molecule has 0 amide bonds. The predicted molar refractivity (Wildman–Crippen MR) is 37.5 cm³/mol. The Labute approximate surface area is 51.1 Å². The molecule has 1 nitrogen and oxygen atoms in total. The lowest BCUT2D eigenvalue weighted by Gasteiger charge is -1.87. The van der Waals surface area contributed by atoms with E-state index in [2.05, 4.69) is 24.4 Å². The number of nitrogens with zero attached hydrogens (tertiary/aromatic N) is 1. The van der Waals surface area contributed by atoms with E-state index in [1.807, 2.05) is 0 Å². The second-order valence-electron chi connectivity index (χ2n) is 1.75. The van der Waals surface area contributed by atoms with Crippen LogP contribution in [0, 0.1) is 0 Å². The first-order valence-electron chi connectivity index (χ1n) is 3.10. The Morgan fingerprint density at radius 3 is 2.75 bits per heavy atom. The number of hydrogen-bond acceptors (Lipinski definition) is 1. The molecule has 0 fully saturated rings. The van der Waals surface area contributed by atoms with Crippen LogP contribution in [0.25, 0.3) is 0 Å². The minimum atomic E-state index is 0.900. The molecule has 0 aromatic carbocycles. The standard InChI is InChI=1S/C7H13N/c1-3-5-6-7-8-4-2/h2-3,5-7H2,1H3. The molecule has 0 saturated carbocycles. The van der Waals surface area contributed by atoms with Crippen LogP contribution in [0.2, 0.25) is 0 Å². The van der Waals surface area contributed by atoms with Crippen molar-refractivity contribution in [2.75, 3.05) is 6.54 Å². The third-order valence-corrected chi connectivity index (χ3v) is 0.985. The monoisotopic (exact) mass is 111 g/mol. The van der Waals surface area contributed by atoms with Gasteiger partial charge in [0.1, 0.15) is 0 Å². The predicted octanol–water partition coefficient (Wildman–Crippen LogP) is 2.03. The summed E-state index contributed by atoms with van der Waals surface area (Å²) in [5, 5.41) is 0. The van der Waals surface area contributed by atoms with E-state index in [0.717, 1.165) is 6.54 Å². The topological polar surface area (TPSA) is 12.4 Å². The van der Waals surface area contributed by atoms with Gasteiger partial charge in [-0.3, -0.25) is 0 Å². The fraction of sp³-hybridized carbons (Fsp3) is 0.714. The molecule has 0 spiro atoms. The van der Waals surface area contributed by atoms with Gasteiger partial charge in [0.25, 0.3) is 0 Å². The van der Waals surface area contributed by atoms with Gasteiger partial charge in [-0.05, 0) is 18.9 Å².